The van der Waals surface area contributed by atoms with E-state index in [9.17, 15) is 0 Å². The number of aryl methyl sites for hydroxylation is 1. The lowest BCUT2D eigenvalue weighted by Crippen LogP contribution is -2.17. The molecule has 0 aromatic carbocycles. The van der Waals surface area contributed by atoms with E-state index in [-0.39, 0.29) is 0 Å². The summed E-state index contributed by atoms with van der Waals surface area (Å²) in [6.45, 7) is 1.85. The molecule has 0 aliphatic heterocycles. The summed E-state index contributed by atoms with van der Waals surface area (Å²) in [6, 6.07) is 0. The molecule has 4 rings (SSSR count). The number of anilines is 2. The zero-order valence-electron chi connectivity index (χ0n) is 15.6. The molecule has 2 heterocycles. The quantitative estimate of drug-likeness (QED) is 0.827. The van der Waals surface area contributed by atoms with Crippen molar-refractivity contribution in [2.45, 2.75) is 83.0 Å². The van der Waals surface area contributed by atoms with Crippen molar-refractivity contribution in [2.75, 3.05) is 11.5 Å². The minimum atomic E-state index is 0.399. The van der Waals surface area contributed by atoms with E-state index in [0.29, 0.717) is 35.1 Å². The lowest BCUT2D eigenvalue weighted by molar-refractivity contribution is 0.413. The van der Waals surface area contributed by atoms with E-state index in [0.717, 1.165) is 42.5 Å². The second kappa shape index (κ2) is 7.25. The molecule has 0 atom stereocenters. The van der Waals surface area contributed by atoms with Crippen molar-refractivity contribution >= 4 is 11.5 Å². The smallest absolute Gasteiger partial charge is 0.260 e. The molecule has 0 bridgehead atoms. The van der Waals surface area contributed by atoms with E-state index in [2.05, 4.69) is 10.1 Å². The molecular weight excluding hydrogens is 326 g/mol. The molecule has 0 amide bonds. The van der Waals surface area contributed by atoms with Crippen LogP contribution in [-0.4, -0.2) is 15.1 Å². The molecule has 6 nitrogen and oxygen atoms in total. The number of nitrogens with two attached hydrogens (primary N) is 2. The number of hydrogen-bond donors (Lipinski definition) is 2. The van der Waals surface area contributed by atoms with Gasteiger partial charge in [-0.15, -0.1) is 0 Å². The van der Waals surface area contributed by atoms with Crippen LogP contribution in [0.3, 0.4) is 0 Å². The molecule has 2 aliphatic carbocycles. The standard InChI is InChI=1S/C20H29N5O/c1-12-23-20(26-25-12)16-15(13-8-4-2-5-9-13)17(21)19(22)24-18(16)14-10-6-3-7-11-14/h13-14H,2-11,21H2,1H3,(H2,22,24). The van der Waals surface area contributed by atoms with E-state index in [4.69, 9.17) is 21.0 Å². The molecular formula is C20H29N5O. The Hall–Kier alpha value is -2.11. The minimum Gasteiger partial charge on any atom is -0.395 e. The Labute approximate surface area is 154 Å². The maximum absolute atomic E-state index is 6.48. The van der Waals surface area contributed by atoms with Gasteiger partial charge in [-0.2, -0.15) is 4.98 Å². The Morgan fingerprint density at radius 2 is 1.46 bits per heavy atom. The molecule has 2 saturated carbocycles. The first kappa shape index (κ1) is 17.3. The topological polar surface area (TPSA) is 104 Å². The Morgan fingerprint density at radius 1 is 0.846 bits per heavy atom. The predicted molar refractivity (Wildman–Crippen MR) is 103 cm³/mol. The first-order chi connectivity index (χ1) is 12.6. The van der Waals surface area contributed by atoms with E-state index in [1.54, 1.807) is 0 Å². The van der Waals surface area contributed by atoms with Gasteiger partial charge in [0.1, 0.15) is 5.82 Å². The van der Waals surface area contributed by atoms with Gasteiger partial charge in [-0.3, -0.25) is 0 Å². The summed E-state index contributed by atoms with van der Waals surface area (Å²) < 4.78 is 5.61. The summed E-state index contributed by atoms with van der Waals surface area (Å²) in [4.78, 5) is 9.31. The fourth-order valence-electron chi connectivity index (χ4n) is 4.77. The SMILES string of the molecule is Cc1noc(-c2c(C3CCCCC3)nc(N)c(N)c2C2CCCCC2)n1. The van der Waals surface area contributed by atoms with Crippen LogP contribution in [0.25, 0.3) is 11.5 Å². The molecule has 2 aromatic heterocycles. The van der Waals surface area contributed by atoms with Crippen molar-refractivity contribution < 1.29 is 4.52 Å². The van der Waals surface area contributed by atoms with Crippen molar-refractivity contribution in [2.24, 2.45) is 0 Å². The number of nitrogen functional groups attached to an aromatic ring is 2. The first-order valence-corrected chi connectivity index (χ1v) is 10.0. The minimum absolute atomic E-state index is 0.399. The first-order valence-electron chi connectivity index (χ1n) is 10.0. The van der Waals surface area contributed by atoms with Crippen LogP contribution in [0.15, 0.2) is 4.52 Å². The van der Waals surface area contributed by atoms with Gasteiger partial charge in [0.05, 0.1) is 16.9 Å². The summed E-state index contributed by atoms with van der Waals surface area (Å²) in [5, 5.41) is 4.03. The fraction of sp³-hybridized carbons (Fsp3) is 0.650. The van der Waals surface area contributed by atoms with Gasteiger partial charge in [0.2, 0.25) is 0 Å². The highest BCUT2D eigenvalue weighted by Crippen LogP contribution is 2.47. The molecule has 0 saturated heterocycles. The van der Waals surface area contributed by atoms with Crippen molar-refractivity contribution in [1.82, 2.24) is 15.1 Å². The molecule has 0 radical (unpaired) electrons. The second-order valence-corrected chi connectivity index (χ2v) is 7.90. The average Bonchev–Trinajstić information content (AvgIpc) is 3.11. The van der Waals surface area contributed by atoms with Gasteiger partial charge >= 0.3 is 0 Å². The Kier molecular flexibility index (Phi) is 4.83. The van der Waals surface area contributed by atoms with Crippen molar-refractivity contribution in [3.8, 4) is 11.5 Å². The van der Waals surface area contributed by atoms with Crippen molar-refractivity contribution in [3.05, 3.63) is 17.1 Å². The van der Waals surface area contributed by atoms with Crippen LogP contribution < -0.4 is 11.5 Å². The van der Waals surface area contributed by atoms with E-state index in [1.165, 1.54) is 38.5 Å². The van der Waals surface area contributed by atoms with Crippen LogP contribution in [0.4, 0.5) is 11.5 Å². The number of aromatic nitrogens is 3. The number of rotatable bonds is 3. The highest BCUT2D eigenvalue weighted by molar-refractivity contribution is 5.77. The molecule has 140 valence electrons. The van der Waals surface area contributed by atoms with Crippen LogP contribution in [0.5, 0.6) is 0 Å². The van der Waals surface area contributed by atoms with Gasteiger partial charge in [0, 0.05) is 5.92 Å². The molecule has 0 unspecified atom stereocenters. The molecule has 6 heteroatoms. The van der Waals surface area contributed by atoms with Crippen LogP contribution >= 0.6 is 0 Å². The van der Waals surface area contributed by atoms with Crippen LogP contribution in [-0.2, 0) is 0 Å². The Bertz CT molecular complexity index is 773. The maximum Gasteiger partial charge on any atom is 0.260 e. The van der Waals surface area contributed by atoms with Gasteiger partial charge in [-0.25, -0.2) is 4.98 Å². The normalized spacial score (nSPS) is 19.7. The third-order valence-corrected chi connectivity index (χ3v) is 6.08. The summed E-state index contributed by atoms with van der Waals surface area (Å²) in [7, 11) is 0. The van der Waals surface area contributed by atoms with Gasteiger partial charge in [0.15, 0.2) is 5.82 Å². The van der Waals surface area contributed by atoms with Crippen LogP contribution in [0.2, 0.25) is 0 Å². The van der Waals surface area contributed by atoms with Gasteiger partial charge in [0.25, 0.3) is 5.89 Å². The second-order valence-electron chi connectivity index (χ2n) is 7.90. The highest BCUT2D eigenvalue weighted by atomic mass is 16.5. The van der Waals surface area contributed by atoms with Crippen molar-refractivity contribution in [1.29, 1.82) is 0 Å². The Balaban J connectivity index is 1.91. The molecule has 0 spiro atoms. The lowest BCUT2D eigenvalue weighted by Gasteiger charge is -2.29. The number of hydrogen-bond acceptors (Lipinski definition) is 6. The molecule has 2 aromatic rings. The average molecular weight is 355 g/mol. The van der Waals surface area contributed by atoms with E-state index < -0.39 is 0 Å². The highest BCUT2D eigenvalue weighted by Gasteiger charge is 2.32. The summed E-state index contributed by atoms with van der Waals surface area (Å²) in [5.74, 6) is 2.46. The Morgan fingerprint density at radius 3 is 2.04 bits per heavy atom. The van der Waals surface area contributed by atoms with Crippen LogP contribution in [0, 0.1) is 6.92 Å². The zero-order chi connectivity index (χ0) is 18.1. The maximum atomic E-state index is 6.48. The van der Waals surface area contributed by atoms with Gasteiger partial charge in [-0.1, -0.05) is 43.7 Å². The number of pyridine rings is 1. The van der Waals surface area contributed by atoms with Gasteiger partial charge in [-0.05, 0) is 44.1 Å². The van der Waals surface area contributed by atoms with E-state index in [1.807, 2.05) is 6.92 Å². The van der Waals surface area contributed by atoms with Crippen molar-refractivity contribution in [3.63, 3.8) is 0 Å². The third-order valence-electron chi connectivity index (χ3n) is 6.08. The largest absolute Gasteiger partial charge is 0.395 e. The van der Waals surface area contributed by atoms with Gasteiger partial charge < -0.3 is 16.0 Å². The molecule has 26 heavy (non-hydrogen) atoms. The molecule has 2 aliphatic rings. The van der Waals surface area contributed by atoms with E-state index >= 15 is 0 Å². The summed E-state index contributed by atoms with van der Waals surface area (Å²) in [6.07, 6.45) is 12.1. The monoisotopic (exact) mass is 355 g/mol. The molecule has 2 fully saturated rings. The lowest BCUT2D eigenvalue weighted by atomic mass is 9.78. The predicted octanol–water partition coefficient (Wildman–Crippen LogP) is 4.70. The zero-order valence-corrected chi connectivity index (χ0v) is 15.6. The third kappa shape index (κ3) is 3.17. The molecule has 4 N–H and O–H groups in total. The van der Waals surface area contributed by atoms with Crippen LogP contribution in [0.1, 0.15) is 93.1 Å². The summed E-state index contributed by atoms with van der Waals surface area (Å²) >= 11 is 0. The number of nitrogens with zero attached hydrogens (tertiary/aromatic N) is 3. The summed E-state index contributed by atoms with van der Waals surface area (Å²) in [5.41, 5.74) is 16.5. The fourth-order valence-corrected chi connectivity index (χ4v) is 4.77.